The number of nitrogens with zero attached hydrogens (tertiary/aromatic N) is 2. The van der Waals surface area contributed by atoms with Crippen molar-refractivity contribution in [2.45, 2.75) is 6.54 Å². The second-order valence-electron chi connectivity index (χ2n) is 2.99. The zero-order chi connectivity index (χ0) is 12.5. The Morgan fingerprint density at radius 1 is 1.56 bits per heavy atom. The second kappa shape index (κ2) is 5.44. The average molecular weight is 347 g/mol. The third-order valence-corrected chi connectivity index (χ3v) is 3.56. The highest BCUT2D eigenvalue weighted by Crippen LogP contribution is 2.30. The van der Waals surface area contributed by atoms with Crippen LogP contribution in [0.4, 0.5) is 4.39 Å². The topological polar surface area (TPSA) is 42.2 Å². The van der Waals surface area contributed by atoms with Gasteiger partial charge in [-0.25, -0.2) is 9.37 Å². The minimum Gasteiger partial charge on any atom is -0.376 e. The van der Waals surface area contributed by atoms with Gasteiger partial charge in [0.25, 0.3) is 0 Å². The fourth-order valence-corrected chi connectivity index (χ4v) is 2.22. The molecule has 0 unspecified atom stereocenters. The van der Waals surface area contributed by atoms with Gasteiger partial charge in [-0.05, 0) is 28.1 Å². The normalized spacial score (nSPS) is 10.3. The molecule has 0 aliphatic heterocycles. The van der Waals surface area contributed by atoms with E-state index < -0.39 is 5.82 Å². The fraction of sp³-hybridized carbons (Fsp3) is 0.250. The van der Waals surface area contributed by atoms with Crippen LogP contribution in [0.2, 0.25) is 10.3 Å². The number of aromatic nitrogens is 1. The van der Waals surface area contributed by atoms with Gasteiger partial charge in [-0.2, -0.15) is 0 Å². The van der Waals surface area contributed by atoms with E-state index in [1.807, 2.05) is 0 Å². The van der Waals surface area contributed by atoms with E-state index in [9.17, 15) is 4.39 Å². The molecule has 88 valence electrons. The number of thiocarbonyl (C=S) groups is 1. The highest BCUT2D eigenvalue weighted by Gasteiger charge is 2.17. The maximum Gasteiger partial charge on any atom is 0.175 e. The van der Waals surface area contributed by atoms with Crippen molar-refractivity contribution in [3.63, 3.8) is 0 Å². The minimum absolute atomic E-state index is 0.112. The van der Waals surface area contributed by atoms with Gasteiger partial charge in [-0.1, -0.05) is 23.2 Å². The lowest BCUT2D eigenvalue weighted by atomic mass is 10.2. The van der Waals surface area contributed by atoms with Crippen LogP contribution >= 0.6 is 51.3 Å². The van der Waals surface area contributed by atoms with E-state index in [1.165, 1.54) is 4.90 Å². The molecule has 0 aliphatic rings. The third-order valence-electron chi connectivity index (χ3n) is 1.86. The van der Waals surface area contributed by atoms with Crippen LogP contribution in [0, 0.1) is 5.82 Å². The largest absolute Gasteiger partial charge is 0.376 e. The van der Waals surface area contributed by atoms with Crippen molar-refractivity contribution in [1.29, 1.82) is 0 Å². The Morgan fingerprint density at radius 2 is 2.12 bits per heavy atom. The van der Waals surface area contributed by atoms with E-state index in [4.69, 9.17) is 41.2 Å². The number of hydrogen-bond acceptors (Lipinski definition) is 2. The van der Waals surface area contributed by atoms with Crippen LogP contribution in [-0.2, 0) is 6.54 Å². The van der Waals surface area contributed by atoms with Gasteiger partial charge >= 0.3 is 0 Å². The SMILES string of the molecule is CN(Cc1c(Cl)nc(Cl)c(F)c1Br)C(N)=S. The standard InChI is InChI=1S/C8H7BrCl2FN3S/c1-15(8(13)16)2-3-4(9)5(12)7(11)14-6(3)10/h2H2,1H3,(H2,13,16). The summed E-state index contributed by atoms with van der Waals surface area (Å²) in [6.07, 6.45) is 0. The first-order valence-corrected chi connectivity index (χ1v) is 5.99. The van der Waals surface area contributed by atoms with Crippen LogP contribution in [0.5, 0.6) is 0 Å². The van der Waals surface area contributed by atoms with E-state index in [2.05, 4.69) is 20.9 Å². The van der Waals surface area contributed by atoms with Crippen molar-refractivity contribution in [3.05, 3.63) is 26.2 Å². The average Bonchev–Trinajstić information content (AvgIpc) is 2.20. The summed E-state index contributed by atoms with van der Waals surface area (Å²) in [6.45, 7) is 0.246. The molecule has 1 rings (SSSR count). The Bertz CT molecular complexity index is 444. The van der Waals surface area contributed by atoms with Crippen molar-refractivity contribution in [3.8, 4) is 0 Å². The van der Waals surface area contributed by atoms with E-state index >= 15 is 0 Å². The van der Waals surface area contributed by atoms with Crippen molar-refractivity contribution in [2.24, 2.45) is 5.73 Å². The number of halogens is 4. The molecule has 1 heterocycles. The molecule has 16 heavy (non-hydrogen) atoms. The fourth-order valence-electron chi connectivity index (χ4n) is 0.966. The van der Waals surface area contributed by atoms with E-state index in [1.54, 1.807) is 7.05 Å². The molecule has 0 radical (unpaired) electrons. The summed E-state index contributed by atoms with van der Waals surface area (Å²) in [5.74, 6) is -0.655. The lowest BCUT2D eigenvalue weighted by Gasteiger charge is -2.18. The molecule has 0 atom stereocenters. The molecule has 0 spiro atoms. The molecule has 0 aliphatic carbocycles. The zero-order valence-corrected chi connectivity index (χ0v) is 12.0. The first-order valence-electron chi connectivity index (χ1n) is 4.04. The summed E-state index contributed by atoms with van der Waals surface area (Å²) >= 11 is 19.2. The molecule has 8 heteroatoms. The van der Waals surface area contributed by atoms with E-state index in [0.717, 1.165) is 0 Å². The summed E-state index contributed by atoms with van der Waals surface area (Å²) in [4.78, 5) is 5.20. The predicted molar refractivity (Wildman–Crippen MR) is 70.2 cm³/mol. The monoisotopic (exact) mass is 345 g/mol. The Labute approximate surface area is 116 Å². The van der Waals surface area contributed by atoms with Gasteiger partial charge in [0.2, 0.25) is 0 Å². The van der Waals surface area contributed by atoms with Crippen LogP contribution in [-0.4, -0.2) is 22.0 Å². The van der Waals surface area contributed by atoms with E-state index in [0.29, 0.717) is 5.56 Å². The quantitative estimate of drug-likeness (QED) is 0.660. The summed E-state index contributed by atoms with van der Waals surface area (Å²) in [5.41, 5.74) is 5.85. The first kappa shape index (κ1) is 13.9. The van der Waals surface area contributed by atoms with Gasteiger partial charge < -0.3 is 10.6 Å². The van der Waals surface area contributed by atoms with Crippen LogP contribution in [0.15, 0.2) is 4.47 Å². The lowest BCUT2D eigenvalue weighted by Crippen LogP contribution is -2.31. The Hall–Kier alpha value is -0.170. The van der Waals surface area contributed by atoms with Crippen molar-refractivity contribution in [1.82, 2.24) is 9.88 Å². The first-order chi connectivity index (χ1) is 7.34. The summed E-state index contributed by atoms with van der Waals surface area (Å²) < 4.78 is 13.6. The van der Waals surface area contributed by atoms with Crippen LogP contribution < -0.4 is 5.73 Å². The van der Waals surface area contributed by atoms with Gasteiger partial charge in [0.1, 0.15) is 5.15 Å². The molecule has 1 aromatic rings. The minimum atomic E-state index is -0.655. The smallest absolute Gasteiger partial charge is 0.175 e. The molecule has 0 fully saturated rings. The molecule has 1 aromatic heterocycles. The molecule has 0 saturated carbocycles. The molecule has 0 amide bonds. The molecule has 0 aromatic carbocycles. The van der Waals surface area contributed by atoms with Gasteiger partial charge in [-0.3, -0.25) is 0 Å². The number of hydrogen-bond donors (Lipinski definition) is 1. The van der Waals surface area contributed by atoms with Crippen LogP contribution in [0.25, 0.3) is 0 Å². The molecular weight excluding hydrogens is 340 g/mol. The molecule has 0 bridgehead atoms. The zero-order valence-electron chi connectivity index (χ0n) is 8.10. The Morgan fingerprint density at radius 3 is 2.62 bits per heavy atom. The lowest BCUT2D eigenvalue weighted by molar-refractivity contribution is 0.498. The molecule has 2 N–H and O–H groups in total. The highest BCUT2D eigenvalue weighted by molar-refractivity contribution is 9.10. The highest BCUT2D eigenvalue weighted by atomic mass is 79.9. The maximum absolute atomic E-state index is 13.4. The molecule has 0 saturated heterocycles. The van der Waals surface area contributed by atoms with Crippen molar-refractivity contribution in [2.75, 3.05) is 7.05 Å². The Kier molecular flexibility index (Phi) is 4.73. The van der Waals surface area contributed by atoms with Crippen LogP contribution in [0.3, 0.4) is 0 Å². The number of nitrogens with two attached hydrogens (primary N) is 1. The molecular formula is C8H7BrCl2FN3S. The van der Waals surface area contributed by atoms with Crippen molar-refractivity contribution < 1.29 is 4.39 Å². The van der Waals surface area contributed by atoms with Crippen LogP contribution in [0.1, 0.15) is 5.56 Å². The number of rotatable bonds is 2. The van der Waals surface area contributed by atoms with Crippen molar-refractivity contribution >= 4 is 56.5 Å². The summed E-state index contributed by atoms with van der Waals surface area (Å²) in [6, 6.07) is 0. The third kappa shape index (κ3) is 2.94. The van der Waals surface area contributed by atoms with Gasteiger partial charge in [-0.15, -0.1) is 0 Å². The van der Waals surface area contributed by atoms with Gasteiger partial charge in [0.15, 0.2) is 16.1 Å². The maximum atomic E-state index is 13.4. The van der Waals surface area contributed by atoms with Gasteiger partial charge in [0.05, 0.1) is 4.47 Å². The Balaban J connectivity index is 3.14. The summed E-state index contributed by atoms with van der Waals surface area (Å²) in [7, 11) is 1.66. The second-order valence-corrected chi connectivity index (χ2v) is 4.92. The van der Waals surface area contributed by atoms with Gasteiger partial charge in [0, 0.05) is 19.2 Å². The number of pyridine rings is 1. The predicted octanol–water partition coefficient (Wildman–Crippen LogP) is 2.97. The van der Waals surface area contributed by atoms with E-state index in [-0.39, 0.29) is 26.4 Å². The molecule has 3 nitrogen and oxygen atoms in total. The summed E-state index contributed by atoms with van der Waals surface area (Å²) in [5, 5.41) is 0.0123.